The van der Waals surface area contributed by atoms with Gasteiger partial charge < -0.3 is 5.73 Å². The lowest BCUT2D eigenvalue weighted by Crippen LogP contribution is -2.41. The first-order valence-corrected chi connectivity index (χ1v) is 7.56. The van der Waals surface area contributed by atoms with Gasteiger partial charge in [0.05, 0.1) is 0 Å². The summed E-state index contributed by atoms with van der Waals surface area (Å²) >= 11 is 3.28. The monoisotopic (exact) mass is 313 g/mol. The van der Waals surface area contributed by atoms with Gasteiger partial charge in [-0.15, -0.1) is 0 Å². The highest BCUT2D eigenvalue weighted by Gasteiger charge is 2.37. The summed E-state index contributed by atoms with van der Waals surface area (Å²) in [5, 5.41) is 0. The number of hydrogen-bond acceptors (Lipinski definition) is 1. The molecule has 0 bridgehead atoms. The van der Waals surface area contributed by atoms with Crippen molar-refractivity contribution in [1.82, 2.24) is 0 Å². The smallest absolute Gasteiger partial charge is 0.127 e. The van der Waals surface area contributed by atoms with Crippen LogP contribution in [0.3, 0.4) is 0 Å². The van der Waals surface area contributed by atoms with Gasteiger partial charge in [0.2, 0.25) is 0 Å². The summed E-state index contributed by atoms with van der Waals surface area (Å²) in [5.74, 6) is -0.149. The zero-order chi connectivity index (χ0) is 13.2. The zero-order valence-corrected chi connectivity index (χ0v) is 12.5. The lowest BCUT2D eigenvalue weighted by Gasteiger charge is -2.34. The maximum atomic E-state index is 13.8. The summed E-state index contributed by atoms with van der Waals surface area (Å²) in [4.78, 5) is 0. The van der Waals surface area contributed by atoms with E-state index in [1.807, 2.05) is 12.1 Å². The number of hydrogen-bond donors (Lipinski definition) is 1. The first kappa shape index (κ1) is 14.0. The van der Waals surface area contributed by atoms with Crippen LogP contribution >= 0.6 is 15.9 Å². The Morgan fingerprint density at radius 2 is 2.06 bits per heavy atom. The van der Waals surface area contributed by atoms with Crippen molar-refractivity contribution in [2.24, 2.45) is 11.1 Å². The van der Waals surface area contributed by atoms with E-state index < -0.39 is 0 Å². The summed E-state index contributed by atoms with van der Waals surface area (Å²) < 4.78 is 14.6. The van der Waals surface area contributed by atoms with E-state index in [0.29, 0.717) is 6.42 Å². The van der Waals surface area contributed by atoms with E-state index in [1.54, 1.807) is 0 Å². The highest BCUT2D eigenvalue weighted by atomic mass is 79.9. The number of benzene rings is 1. The van der Waals surface area contributed by atoms with E-state index in [9.17, 15) is 4.39 Å². The molecule has 1 nitrogen and oxygen atoms in total. The van der Waals surface area contributed by atoms with Crippen LogP contribution in [-0.2, 0) is 6.42 Å². The SMILES string of the molecule is CCC1(C(N)Cc2ccc(Br)cc2F)CCCC1. The van der Waals surface area contributed by atoms with Crippen molar-refractivity contribution in [3.8, 4) is 0 Å². The van der Waals surface area contributed by atoms with E-state index in [4.69, 9.17) is 5.73 Å². The highest BCUT2D eigenvalue weighted by Crippen LogP contribution is 2.44. The summed E-state index contributed by atoms with van der Waals surface area (Å²) in [7, 11) is 0. The second-order valence-electron chi connectivity index (χ2n) is 5.47. The molecule has 3 heteroatoms. The van der Waals surface area contributed by atoms with Gasteiger partial charge in [-0.3, -0.25) is 0 Å². The molecular formula is C15H21BrFN. The van der Waals surface area contributed by atoms with Gasteiger partial charge >= 0.3 is 0 Å². The van der Waals surface area contributed by atoms with E-state index in [0.717, 1.165) is 16.5 Å². The molecule has 1 fully saturated rings. The Balaban J connectivity index is 2.12. The molecular weight excluding hydrogens is 293 g/mol. The molecule has 0 spiro atoms. The molecule has 2 rings (SSSR count). The minimum Gasteiger partial charge on any atom is -0.327 e. The first-order valence-electron chi connectivity index (χ1n) is 6.77. The van der Waals surface area contributed by atoms with Crippen LogP contribution in [0, 0.1) is 11.2 Å². The van der Waals surface area contributed by atoms with Gasteiger partial charge in [-0.25, -0.2) is 4.39 Å². The summed E-state index contributed by atoms with van der Waals surface area (Å²) in [6.45, 7) is 2.21. The van der Waals surface area contributed by atoms with Gasteiger partial charge in [-0.2, -0.15) is 0 Å². The Labute approximate surface area is 117 Å². The predicted molar refractivity (Wildman–Crippen MR) is 77.0 cm³/mol. The van der Waals surface area contributed by atoms with Crippen molar-refractivity contribution in [1.29, 1.82) is 0 Å². The van der Waals surface area contributed by atoms with Gasteiger partial charge in [0, 0.05) is 10.5 Å². The largest absolute Gasteiger partial charge is 0.327 e. The maximum Gasteiger partial charge on any atom is 0.127 e. The fourth-order valence-electron chi connectivity index (χ4n) is 3.21. The summed E-state index contributed by atoms with van der Waals surface area (Å²) in [5.41, 5.74) is 7.36. The van der Waals surface area contributed by atoms with Crippen LogP contribution in [0.5, 0.6) is 0 Å². The molecule has 1 saturated carbocycles. The van der Waals surface area contributed by atoms with Crippen molar-refractivity contribution in [3.63, 3.8) is 0 Å². The first-order chi connectivity index (χ1) is 8.57. The number of nitrogens with two attached hydrogens (primary N) is 1. The van der Waals surface area contributed by atoms with Gasteiger partial charge in [0.25, 0.3) is 0 Å². The molecule has 1 atom stereocenters. The second-order valence-corrected chi connectivity index (χ2v) is 6.39. The average Bonchev–Trinajstić information content (AvgIpc) is 2.82. The third kappa shape index (κ3) is 2.77. The molecule has 1 aliphatic rings. The normalized spacial score (nSPS) is 20.0. The fraction of sp³-hybridized carbons (Fsp3) is 0.600. The zero-order valence-electron chi connectivity index (χ0n) is 10.9. The van der Waals surface area contributed by atoms with Gasteiger partial charge in [0.1, 0.15) is 5.82 Å². The van der Waals surface area contributed by atoms with E-state index in [-0.39, 0.29) is 17.3 Å². The van der Waals surface area contributed by atoms with Crippen LogP contribution in [-0.4, -0.2) is 6.04 Å². The Morgan fingerprint density at radius 1 is 1.39 bits per heavy atom. The van der Waals surface area contributed by atoms with E-state index >= 15 is 0 Å². The predicted octanol–water partition coefficient (Wildman–Crippen LogP) is 4.43. The van der Waals surface area contributed by atoms with Crippen molar-refractivity contribution < 1.29 is 4.39 Å². The van der Waals surface area contributed by atoms with Crippen molar-refractivity contribution in [3.05, 3.63) is 34.1 Å². The van der Waals surface area contributed by atoms with Crippen LogP contribution < -0.4 is 5.73 Å². The molecule has 100 valence electrons. The topological polar surface area (TPSA) is 26.0 Å². The van der Waals surface area contributed by atoms with E-state index in [2.05, 4.69) is 22.9 Å². The van der Waals surface area contributed by atoms with Crippen LogP contribution in [0.2, 0.25) is 0 Å². The molecule has 1 aromatic carbocycles. The Morgan fingerprint density at radius 3 is 2.61 bits per heavy atom. The van der Waals surface area contributed by atoms with Crippen LogP contribution in [0.15, 0.2) is 22.7 Å². The quantitative estimate of drug-likeness (QED) is 0.874. The molecule has 0 aliphatic heterocycles. The number of rotatable bonds is 4. The average molecular weight is 314 g/mol. The fourth-order valence-corrected chi connectivity index (χ4v) is 3.54. The van der Waals surface area contributed by atoms with Gasteiger partial charge in [-0.05, 0) is 48.8 Å². The molecule has 1 aliphatic carbocycles. The van der Waals surface area contributed by atoms with Gasteiger partial charge in [0.15, 0.2) is 0 Å². The van der Waals surface area contributed by atoms with Gasteiger partial charge in [-0.1, -0.05) is 41.8 Å². The maximum absolute atomic E-state index is 13.8. The molecule has 1 aromatic rings. The lowest BCUT2D eigenvalue weighted by atomic mass is 9.74. The molecule has 0 saturated heterocycles. The standard InChI is InChI=1S/C15H21BrFN/c1-2-15(7-3-4-8-15)14(18)9-11-5-6-12(16)10-13(11)17/h5-6,10,14H,2-4,7-9,18H2,1H3. The Bertz CT molecular complexity index is 413. The molecule has 1 unspecified atom stereocenters. The van der Waals surface area contributed by atoms with Crippen LogP contribution in [0.4, 0.5) is 4.39 Å². The molecule has 0 radical (unpaired) electrons. The Hall–Kier alpha value is -0.410. The van der Waals surface area contributed by atoms with Crippen LogP contribution in [0.1, 0.15) is 44.6 Å². The van der Waals surface area contributed by atoms with E-state index in [1.165, 1.54) is 31.7 Å². The second kappa shape index (κ2) is 5.70. The Kier molecular flexibility index (Phi) is 4.44. The third-order valence-electron chi connectivity index (χ3n) is 4.54. The van der Waals surface area contributed by atoms with Crippen LogP contribution in [0.25, 0.3) is 0 Å². The molecule has 0 heterocycles. The molecule has 18 heavy (non-hydrogen) atoms. The summed E-state index contributed by atoms with van der Waals surface area (Å²) in [6, 6.07) is 5.33. The lowest BCUT2D eigenvalue weighted by molar-refractivity contribution is 0.218. The molecule has 2 N–H and O–H groups in total. The molecule has 0 amide bonds. The van der Waals surface area contributed by atoms with Crippen molar-refractivity contribution >= 4 is 15.9 Å². The molecule has 0 aromatic heterocycles. The number of halogens is 2. The summed E-state index contributed by atoms with van der Waals surface area (Å²) in [6.07, 6.45) is 6.68. The van der Waals surface area contributed by atoms with Crippen molar-refractivity contribution in [2.45, 2.75) is 51.5 Å². The highest BCUT2D eigenvalue weighted by molar-refractivity contribution is 9.10. The third-order valence-corrected chi connectivity index (χ3v) is 5.04. The minimum atomic E-state index is -0.149. The minimum absolute atomic E-state index is 0.0701. The van der Waals surface area contributed by atoms with Crippen molar-refractivity contribution in [2.75, 3.05) is 0 Å².